The molecule has 0 aromatic carbocycles. The van der Waals surface area contributed by atoms with Crippen molar-refractivity contribution in [3.63, 3.8) is 0 Å². The summed E-state index contributed by atoms with van der Waals surface area (Å²) in [5, 5.41) is 9.82. The summed E-state index contributed by atoms with van der Waals surface area (Å²) in [7, 11) is 0. The van der Waals surface area contributed by atoms with Gasteiger partial charge >= 0.3 is 0 Å². The summed E-state index contributed by atoms with van der Waals surface area (Å²) >= 11 is 1.76. The summed E-state index contributed by atoms with van der Waals surface area (Å²) in [6.45, 7) is 2.08. The standard InChI is InChI=1S/C16H22N4S/c1-10-18-19-16(20(10)11-6-3-2-4-7-11)14-12-8-5-9-13(12)21-15(14)17/h11H,2-9,17H2,1H3. The zero-order valence-electron chi connectivity index (χ0n) is 12.6. The largest absolute Gasteiger partial charge is 0.390 e. The van der Waals surface area contributed by atoms with Gasteiger partial charge in [0.25, 0.3) is 0 Å². The number of fused-ring (bicyclic) bond motifs is 1. The van der Waals surface area contributed by atoms with Gasteiger partial charge in [0.05, 0.1) is 10.6 Å². The number of anilines is 1. The molecule has 21 heavy (non-hydrogen) atoms. The van der Waals surface area contributed by atoms with E-state index in [1.165, 1.54) is 60.9 Å². The van der Waals surface area contributed by atoms with Gasteiger partial charge in [0, 0.05) is 10.9 Å². The molecule has 1 saturated carbocycles. The highest BCUT2D eigenvalue weighted by Crippen LogP contribution is 2.44. The highest BCUT2D eigenvalue weighted by Gasteiger charge is 2.28. The van der Waals surface area contributed by atoms with E-state index in [1.54, 1.807) is 11.3 Å². The van der Waals surface area contributed by atoms with E-state index in [-0.39, 0.29) is 0 Å². The molecule has 0 amide bonds. The minimum absolute atomic E-state index is 0.556. The third kappa shape index (κ3) is 2.09. The normalized spacial score (nSPS) is 19.1. The average molecular weight is 302 g/mol. The van der Waals surface area contributed by atoms with Crippen LogP contribution in [0.25, 0.3) is 11.4 Å². The lowest BCUT2D eigenvalue weighted by atomic mass is 9.95. The molecule has 4 rings (SSSR count). The number of rotatable bonds is 2. The smallest absolute Gasteiger partial charge is 0.167 e. The second kappa shape index (κ2) is 5.13. The van der Waals surface area contributed by atoms with Crippen molar-refractivity contribution < 1.29 is 0 Å². The van der Waals surface area contributed by atoms with E-state index >= 15 is 0 Å². The Bertz CT molecular complexity index is 664. The van der Waals surface area contributed by atoms with Crippen LogP contribution >= 0.6 is 11.3 Å². The van der Waals surface area contributed by atoms with E-state index in [1.807, 2.05) is 0 Å². The van der Waals surface area contributed by atoms with Crippen LogP contribution in [0.4, 0.5) is 5.00 Å². The monoisotopic (exact) mass is 302 g/mol. The first-order valence-electron chi connectivity index (χ1n) is 8.07. The molecule has 0 unspecified atom stereocenters. The maximum atomic E-state index is 6.33. The van der Waals surface area contributed by atoms with Gasteiger partial charge in [-0.2, -0.15) is 0 Å². The van der Waals surface area contributed by atoms with Gasteiger partial charge in [0.1, 0.15) is 5.82 Å². The molecule has 0 saturated heterocycles. The maximum Gasteiger partial charge on any atom is 0.167 e. The quantitative estimate of drug-likeness (QED) is 0.915. The molecule has 5 heteroatoms. The van der Waals surface area contributed by atoms with E-state index < -0.39 is 0 Å². The zero-order valence-corrected chi connectivity index (χ0v) is 13.4. The number of hydrogen-bond donors (Lipinski definition) is 1. The molecule has 2 aromatic rings. The number of hydrogen-bond acceptors (Lipinski definition) is 4. The first-order chi connectivity index (χ1) is 10.3. The van der Waals surface area contributed by atoms with Gasteiger partial charge in [-0.1, -0.05) is 19.3 Å². The highest BCUT2D eigenvalue weighted by atomic mass is 32.1. The first-order valence-corrected chi connectivity index (χ1v) is 8.89. The minimum Gasteiger partial charge on any atom is -0.390 e. The van der Waals surface area contributed by atoms with Crippen LogP contribution in [-0.2, 0) is 12.8 Å². The van der Waals surface area contributed by atoms with Crippen LogP contribution in [0.2, 0.25) is 0 Å². The Kier molecular flexibility index (Phi) is 3.25. The van der Waals surface area contributed by atoms with Gasteiger partial charge in [-0.3, -0.25) is 0 Å². The molecule has 1 fully saturated rings. The van der Waals surface area contributed by atoms with Crippen LogP contribution < -0.4 is 5.73 Å². The molecule has 2 heterocycles. The third-order valence-corrected chi connectivity index (χ3v) is 6.10. The Morgan fingerprint density at radius 2 is 1.90 bits per heavy atom. The van der Waals surface area contributed by atoms with Gasteiger partial charge in [-0.15, -0.1) is 21.5 Å². The van der Waals surface area contributed by atoms with Crippen molar-refractivity contribution in [2.75, 3.05) is 5.73 Å². The van der Waals surface area contributed by atoms with Gasteiger partial charge in [-0.05, 0) is 44.6 Å². The van der Waals surface area contributed by atoms with E-state index in [2.05, 4.69) is 21.7 Å². The topological polar surface area (TPSA) is 56.7 Å². The van der Waals surface area contributed by atoms with Crippen LogP contribution in [0.15, 0.2) is 0 Å². The summed E-state index contributed by atoms with van der Waals surface area (Å²) in [6.07, 6.45) is 10.1. The fraction of sp³-hybridized carbons (Fsp3) is 0.625. The lowest BCUT2D eigenvalue weighted by Gasteiger charge is -2.25. The molecule has 0 atom stereocenters. The zero-order chi connectivity index (χ0) is 14.4. The summed E-state index contributed by atoms with van der Waals surface area (Å²) in [5.41, 5.74) is 8.97. The van der Waals surface area contributed by atoms with Crippen LogP contribution in [0, 0.1) is 6.92 Å². The van der Waals surface area contributed by atoms with Crippen molar-refractivity contribution in [3.8, 4) is 11.4 Å². The van der Waals surface area contributed by atoms with E-state index in [4.69, 9.17) is 5.73 Å². The Hall–Kier alpha value is -1.36. The van der Waals surface area contributed by atoms with Crippen molar-refractivity contribution in [2.24, 2.45) is 0 Å². The predicted molar refractivity (Wildman–Crippen MR) is 86.6 cm³/mol. The fourth-order valence-electron chi connectivity index (χ4n) is 3.99. The molecule has 0 radical (unpaired) electrons. The van der Waals surface area contributed by atoms with Crippen molar-refractivity contribution in [2.45, 2.75) is 64.3 Å². The Morgan fingerprint density at radius 3 is 2.71 bits per heavy atom. The Balaban J connectivity index is 1.83. The number of thiophene rings is 1. The van der Waals surface area contributed by atoms with Crippen LogP contribution in [0.3, 0.4) is 0 Å². The van der Waals surface area contributed by atoms with Gasteiger partial charge in [-0.25, -0.2) is 0 Å². The van der Waals surface area contributed by atoms with E-state index in [0.29, 0.717) is 6.04 Å². The first kappa shape index (κ1) is 13.3. The van der Waals surface area contributed by atoms with Crippen molar-refractivity contribution >= 4 is 16.3 Å². The average Bonchev–Trinajstić information content (AvgIpc) is 3.14. The number of aromatic nitrogens is 3. The second-order valence-electron chi connectivity index (χ2n) is 6.33. The second-order valence-corrected chi connectivity index (χ2v) is 7.47. The summed E-state index contributed by atoms with van der Waals surface area (Å²) < 4.78 is 2.37. The van der Waals surface area contributed by atoms with Gasteiger partial charge in [0.15, 0.2) is 5.82 Å². The molecular weight excluding hydrogens is 280 g/mol. The molecule has 2 aromatic heterocycles. The molecule has 2 aliphatic rings. The summed E-state index contributed by atoms with van der Waals surface area (Å²) in [5.74, 6) is 2.06. The molecular formula is C16H22N4S. The summed E-state index contributed by atoms with van der Waals surface area (Å²) in [4.78, 5) is 1.47. The third-order valence-electron chi connectivity index (χ3n) is 4.98. The Labute approximate surface area is 129 Å². The SMILES string of the molecule is Cc1nnc(-c2c(N)sc3c2CCC3)n1C1CCCCC1. The molecule has 4 nitrogen and oxygen atoms in total. The van der Waals surface area contributed by atoms with E-state index in [9.17, 15) is 0 Å². The number of nitrogens with two attached hydrogens (primary N) is 1. The number of nitrogens with zero attached hydrogens (tertiary/aromatic N) is 3. The molecule has 0 bridgehead atoms. The van der Waals surface area contributed by atoms with Crippen molar-refractivity contribution in [1.29, 1.82) is 0 Å². The lowest BCUT2D eigenvalue weighted by Crippen LogP contribution is -2.15. The predicted octanol–water partition coefficient (Wildman–Crippen LogP) is 3.89. The summed E-state index contributed by atoms with van der Waals surface area (Å²) in [6, 6.07) is 0.556. The number of aryl methyl sites for hydroxylation is 2. The van der Waals surface area contributed by atoms with Crippen molar-refractivity contribution in [1.82, 2.24) is 14.8 Å². The van der Waals surface area contributed by atoms with Gasteiger partial charge in [0.2, 0.25) is 0 Å². The molecule has 112 valence electrons. The van der Waals surface area contributed by atoms with Crippen LogP contribution in [0.1, 0.15) is 60.8 Å². The van der Waals surface area contributed by atoms with Crippen LogP contribution in [-0.4, -0.2) is 14.8 Å². The van der Waals surface area contributed by atoms with Crippen LogP contribution in [0.5, 0.6) is 0 Å². The minimum atomic E-state index is 0.556. The molecule has 2 aliphatic carbocycles. The lowest BCUT2D eigenvalue weighted by molar-refractivity contribution is 0.350. The number of nitrogen functional groups attached to an aromatic ring is 1. The Morgan fingerprint density at radius 1 is 1.10 bits per heavy atom. The van der Waals surface area contributed by atoms with E-state index in [0.717, 1.165) is 23.1 Å². The maximum absolute atomic E-state index is 6.33. The molecule has 0 aliphatic heterocycles. The molecule has 2 N–H and O–H groups in total. The van der Waals surface area contributed by atoms with Gasteiger partial charge < -0.3 is 10.3 Å². The molecule has 0 spiro atoms. The highest BCUT2D eigenvalue weighted by molar-refractivity contribution is 7.16. The fourth-order valence-corrected chi connectivity index (χ4v) is 5.14. The van der Waals surface area contributed by atoms with Crippen molar-refractivity contribution in [3.05, 3.63) is 16.3 Å².